The maximum Gasteiger partial charge on any atom is 0.258 e. The standard InChI is InChI=1S/C22H31N3O2/c1-5-25(21(27)15-10-12-16(13-11-15)22(2,3)4)14-19-23-18-9-7-6-8-17(18)20(26)24-19/h6-9,15-16H,5,10-14H2,1-4H3,(H,23,24,26). The molecule has 0 atom stereocenters. The van der Waals surface area contributed by atoms with Crippen molar-refractivity contribution in [3.8, 4) is 0 Å². The Labute approximate surface area is 161 Å². The van der Waals surface area contributed by atoms with Gasteiger partial charge in [0.1, 0.15) is 5.82 Å². The topological polar surface area (TPSA) is 66.1 Å². The zero-order valence-electron chi connectivity index (χ0n) is 16.9. The summed E-state index contributed by atoms with van der Waals surface area (Å²) in [6.45, 7) is 9.83. The van der Waals surface area contributed by atoms with Crippen LogP contribution in [0, 0.1) is 17.3 Å². The molecule has 1 fully saturated rings. The Bertz CT molecular complexity index is 858. The Morgan fingerprint density at radius 1 is 1.19 bits per heavy atom. The molecule has 1 amide bonds. The Morgan fingerprint density at radius 3 is 2.48 bits per heavy atom. The molecule has 1 aliphatic rings. The van der Waals surface area contributed by atoms with Crippen LogP contribution in [0.5, 0.6) is 0 Å². The molecule has 0 aliphatic heterocycles. The molecule has 27 heavy (non-hydrogen) atoms. The maximum absolute atomic E-state index is 13.0. The molecule has 2 aromatic rings. The van der Waals surface area contributed by atoms with Crippen LogP contribution >= 0.6 is 0 Å². The number of aromatic amines is 1. The molecule has 1 heterocycles. The minimum absolute atomic E-state index is 0.0933. The summed E-state index contributed by atoms with van der Waals surface area (Å²) in [6.07, 6.45) is 4.14. The lowest BCUT2D eigenvalue weighted by Gasteiger charge is -2.37. The highest BCUT2D eigenvalue weighted by Gasteiger charge is 2.33. The van der Waals surface area contributed by atoms with E-state index in [-0.39, 0.29) is 17.4 Å². The van der Waals surface area contributed by atoms with Gasteiger partial charge in [0, 0.05) is 12.5 Å². The van der Waals surface area contributed by atoms with Crippen molar-refractivity contribution in [2.45, 2.75) is 59.9 Å². The fourth-order valence-electron chi connectivity index (χ4n) is 4.20. The van der Waals surface area contributed by atoms with Gasteiger partial charge >= 0.3 is 0 Å². The van der Waals surface area contributed by atoms with Crippen molar-refractivity contribution in [1.82, 2.24) is 14.9 Å². The third-order valence-electron chi connectivity index (χ3n) is 6.00. The number of nitrogens with one attached hydrogen (secondary N) is 1. The largest absolute Gasteiger partial charge is 0.335 e. The second kappa shape index (κ2) is 7.83. The summed E-state index contributed by atoms with van der Waals surface area (Å²) in [5.74, 6) is 1.53. The van der Waals surface area contributed by atoms with E-state index in [0.717, 1.165) is 25.7 Å². The van der Waals surface area contributed by atoms with Gasteiger partial charge in [-0.15, -0.1) is 0 Å². The Kier molecular flexibility index (Phi) is 5.68. The van der Waals surface area contributed by atoms with Gasteiger partial charge in [0.15, 0.2) is 0 Å². The predicted octanol–water partition coefficient (Wildman–Crippen LogP) is 4.12. The average molecular weight is 370 g/mol. The Balaban J connectivity index is 1.70. The van der Waals surface area contributed by atoms with E-state index in [0.29, 0.717) is 41.1 Å². The van der Waals surface area contributed by atoms with Crippen molar-refractivity contribution in [2.24, 2.45) is 17.3 Å². The molecule has 0 saturated heterocycles. The lowest BCUT2D eigenvalue weighted by molar-refractivity contribution is -0.137. The monoisotopic (exact) mass is 369 g/mol. The maximum atomic E-state index is 13.0. The molecule has 1 N–H and O–H groups in total. The number of benzene rings is 1. The van der Waals surface area contributed by atoms with E-state index in [9.17, 15) is 9.59 Å². The number of amides is 1. The van der Waals surface area contributed by atoms with E-state index in [4.69, 9.17) is 0 Å². The van der Waals surface area contributed by atoms with Crippen molar-refractivity contribution < 1.29 is 4.79 Å². The van der Waals surface area contributed by atoms with E-state index in [1.807, 2.05) is 30.0 Å². The molecule has 1 saturated carbocycles. The van der Waals surface area contributed by atoms with Crippen LogP contribution in [0.3, 0.4) is 0 Å². The zero-order chi connectivity index (χ0) is 19.6. The second-order valence-corrected chi connectivity index (χ2v) is 8.80. The van der Waals surface area contributed by atoms with Gasteiger partial charge in [0.05, 0.1) is 17.4 Å². The second-order valence-electron chi connectivity index (χ2n) is 8.80. The van der Waals surface area contributed by atoms with E-state index < -0.39 is 0 Å². The highest BCUT2D eigenvalue weighted by molar-refractivity contribution is 5.79. The fraction of sp³-hybridized carbons (Fsp3) is 0.591. The fourth-order valence-corrected chi connectivity index (χ4v) is 4.20. The smallest absolute Gasteiger partial charge is 0.258 e. The number of rotatable bonds is 4. The van der Waals surface area contributed by atoms with Crippen LogP contribution in [0.25, 0.3) is 10.9 Å². The van der Waals surface area contributed by atoms with Crippen molar-refractivity contribution in [1.29, 1.82) is 0 Å². The third kappa shape index (κ3) is 4.40. The van der Waals surface area contributed by atoms with E-state index >= 15 is 0 Å². The van der Waals surface area contributed by atoms with Gasteiger partial charge in [-0.05, 0) is 56.1 Å². The van der Waals surface area contributed by atoms with Crippen molar-refractivity contribution in [3.63, 3.8) is 0 Å². The van der Waals surface area contributed by atoms with Gasteiger partial charge in [-0.25, -0.2) is 4.98 Å². The number of fused-ring (bicyclic) bond motifs is 1. The van der Waals surface area contributed by atoms with Crippen LogP contribution in [0.2, 0.25) is 0 Å². The van der Waals surface area contributed by atoms with Crippen molar-refractivity contribution in [3.05, 3.63) is 40.4 Å². The Hall–Kier alpha value is -2.17. The number of hydrogen-bond acceptors (Lipinski definition) is 3. The normalized spacial score (nSPS) is 20.6. The van der Waals surface area contributed by atoms with Gasteiger partial charge < -0.3 is 9.88 Å². The first kappa shape index (κ1) is 19.6. The summed E-state index contributed by atoms with van der Waals surface area (Å²) in [4.78, 5) is 34.5. The van der Waals surface area contributed by atoms with Crippen LogP contribution in [0.4, 0.5) is 0 Å². The first-order valence-electron chi connectivity index (χ1n) is 10.1. The molecule has 0 radical (unpaired) electrons. The molecule has 1 aliphatic carbocycles. The van der Waals surface area contributed by atoms with Crippen LogP contribution in [-0.4, -0.2) is 27.3 Å². The first-order valence-corrected chi connectivity index (χ1v) is 10.1. The molecule has 5 nitrogen and oxygen atoms in total. The third-order valence-corrected chi connectivity index (χ3v) is 6.00. The minimum Gasteiger partial charge on any atom is -0.335 e. The number of nitrogens with zero attached hydrogens (tertiary/aromatic N) is 2. The zero-order valence-corrected chi connectivity index (χ0v) is 16.9. The number of hydrogen-bond donors (Lipinski definition) is 1. The summed E-state index contributed by atoms with van der Waals surface area (Å²) < 4.78 is 0. The summed E-state index contributed by atoms with van der Waals surface area (Å²) in [5.41, 5.74) is 0.836. The molecule has 0 spiro atoms. The summed E-state index contributed by atoms with van der Waals surface area (Å²) in [6, 6.07) is 7.30. The number of aromatic nitrogens is 2. The molecular formula is C22H31N3O2. The molecule has 1 aromatic heterocycles. The van der Waals surface area contributed by atoms with Crippen LogP contribution in [0.15, 0.2) is 29.1 Å². The number of carbonyl (C=O) groups excluding carboxylic acids is 1. The predicted molar refractivity (Wildman–Crippen MR) is 108 cm³/mol. The van der Waals surface area contributed by atoms with Gasteiger partial charge in [-0.1, -0.05) is 32.9 Å². The molecule has 1 aromatic carbocycles. The van der Waals surface area contributed by atoms with Gasteiger partial charge in [-0.2, -0.15) is 0 Å². The molecular weight excluding hydrogens is 338 g/mol. The van der Waals surface area contributed by atoms with E-state index in [2.05, 4.69) is 30.7 Å². The van der Waals surface area contributed by atoms with Gasteiger partial charge in [-0.3, -0.25) is 9.59 Å². The van der Waals surface area contributed by atoms with Gasteiger partial charge in [0.2, 0.25) is 5.91 Å². The summed E-state index contributed by atoms with van der Waals surface area (Å²) in [7, 11) is 0. The lowest BCUT2D eigenvalue weighted by atomic mass is 9.69. The van der Waals surface area contributed by atoms with Crippen molar-refractivity contribution >= 4 is 16.8 Å². The van der Waals surface area contributed by atoms with E-state index in [1.165, 1.54) is 0 Å². The van der Waals surface area contributed by atoms with E-state index in [1.54, 1.807) is 6.07 Å². The summed E-state index contributed by atoms with van der Waals surface area (Å²) in [5, 5.41) is 0.580. The quantitative estimate of drug-likeness (QED) is 0.881. The minimum atomic E-state index is -0.148. The summed E-state index contributed by atoms with van der Waals surface area (Å²) >= 11 is 0. The molecule has 146 valence electrons. The highest BCUT2D eigenvalue weighted by Crippen LogP contribution is 2.40. The molecule has 5 heteroatoms. The van der Waals surface area contributed by atoms with Gasteiger partial charge in [0.25, 0.3) is 5.56 Å². The molecule has 0 bridgehead atoms. The average Bonchev–Trinajstić information content (AvgIpc) is 2.65. The van der Waals surface area contributed by atoms with Crippen molar-refractivity contribution in [2.75, 3.05) is 6.54 Å². The molecule has 0 unspecified atom stereocenters. The molecule has 3 rings (SSSR count). The highest BCUT2D eigenvalue weighted by atomic mass is 16.2. The number of para-hydroxylation sites is 1. The first-order chi connectivity index (χ1) is 12.8. The SMILES string of the molecule is CCN(Cc1nc2ccccc2c(=O)[nH]1)C(=O)C1CCC(C(C)(C)C)CC1. The van der Waals surface area contributed by atoms with Crippen LogP contribution in [0.1, 0.15) is 59.2 Å². The lowest BCUT2D eigenvalue weighted by Crippen LogP contribution is -2.39. The van der Waals surface area contributed by atoms with Crippen LogP contribution < -0.4 is 5.56 Å². The number of carbonyl (C=O) groups is 1. The number of H-pyrrole nitrogens is 1. The Morgan fingerprint density at radius 2 is 1.85 bits per heavy atom. The van der Waals surface area contributed by atoms with Crippen LogP contribution in [-0.2, 0) is 11.3 Å².